The van der Waals surface area contributed by atoms with Crippen LogP contribution in [-0.2, 0) is 14.4 Å². The fourth-order valence-corrected chi connectivity index (χ4v) is 1.79. The molecule has 1 aliphatic heterocycles. The summed E-state index contributed by atoms with van der Waals surface area (Å²) in [6.45, 7) is 1.47. The van der Waals surface area contributed by atoms with E-state index in [0.29, 0.717) is 11.1 Å². The number of Topliss-reactive ketones (excluding diaryl/α,β-unsaturated/α-hetero) is 2. The number of hydrogen-bond donors (Lipinski definition) is 2. The third-order valence-corrected chi connectivity index (χ3v) is 3.01. The smallest absolute Gasteiger partial charge is 0.247 e. The van der Waals surface area contributed by atoms with E-state index in [4.69, 9.17) is 0 Å². The highest BCUT2D eigenvalue weighted by Crippen LogP contribution is 2.03. The second kappa shape index (κ2) is 7.21. The summed E-state index contributed by atoms with van der Waals surface area (Å²) in [5.74, 6) is -1.53. The van der Waals surface area contributed by atoms with E-state index < -0.39 is 17.6 Å². The van der Waals surface area contributed by atoms with E-state index in [1.165, 1.54) is 13.1 Å². The second-order valence-corrected chi connectivity index (χ2v) is 4.84. The van der Waals surface area contributed by atoms with Crippen LogP contribution in [0.4, 0.5) is 0 Å². The number of nitrogens with one attached hydrogen (secondary N) is 2. The molecule has 1 aliphatic rings. The van der Waals surface area contributed by atoms with E-state index in [1.807, 2.05) is 0 Å². The number of carbonyl (C=O) groups excluding carboxylic acids is 4. The Morgan fingerprint density at radius 1 is 1.30 bits per heavy atom. The molecule has 8 heteroatoms. The molecule has 2 rings (SSSR count). The van der Waals surface area contributed by atoms with Crippen molar-refractivity contribution in [3.63, 3.8) is 0 Å². The molecular formula is C15H14N4O4. The molecule has 8 nitrogen and oxygen atoms in total. The largest absolute Gasteiger partial charge is 0.295 e. The lowest BCUT2D eigenvalue weighted by Gasteiger charge is -2.09. The lowest BCUT2D eigenvalue weighted by atomic mass is 10.1. The van der Waals surface area contributed by atoms with Gasteiger partial charge in [-0.25, -0.2) is 10.9 Å². The van der Waals surface area contributed by atoms with Crippen molar-refractivity contribution in [2.24, 2.45) is 10.2 Å². The maximum Gasteiger partial charge on any atom is 0.247 e. The molecule has 0 spiro atoms. The number of nitrogens with zero attached hydrogens (tertiary/aromatic N) is 2. The van der Waals surface area contributed by atoms with Crippen LogP contribution < -0.4 is 10.9 Å². The van der Waals surface area contributed by atoms with Crippen molar-refractivity contribution < 1.29 is 19.2 Å². The van der Waals surface area contributed by atoms with Gasteiger partial charge in [-0.2, -0.15) is 10.2 Å². The Labute approximate surface area is 131 Å². The first-order valence-electron chi connectivity index (χ1n) is 6.77. The van der Waals surface area contributed by atoms with E-state index in [2.05, 4.69) is 21.1 Å². The van der Waals surface area contributed by atoms with Crippen molar-refractivity contribution in [1.29, 1.82) is 0 Å². The lowest BCUT2D eigenvalue weighted by Crippen LogP contribution is -2.35. The van der Waals surface area contributed by atoms with Gasteiger partial charge in [-0.15, -0.1) is 0 Å². The third kappa shape index (κ3) is 4.67. The summed E-state index contributed by atoms with van der Waals surface area (Å²) in [6.07, 6.45) is 0.839. The molecule has 2 amide bonds. The highest BCUT2D eigenvalue weighted by Gasteiger charge is 2.22. The number of amides is 2. The quantitative estimate of drug-likeness (QED) is 0.349. The van der Waals surface area contributed by atoms with Gasteiger partial charge in [0.2, 0.25) is 11.8 Å². The topological polar surface area (TPSA) is 117 Å². The Bertz CT molecular complexity index is 719. The van der Waals surface area contributed by atoms with Gasteiger partial charge in [0.05, 0.1) is 19.1 Å². The van der Waals surface area contributed by atoms with Gasteiger partial charge in [-0.05, 0) is 12.5 Å². The minimum absolute atomic E-state index is 0.0110. The van der Waals surface area contributed by atoms with Crippen LogP contribution in [0, 0.1) is 0 Å². The fourth-order valence-electron chi connectivity index (χ4n) is 1.79. The first-order valence-corrected chi connectivity index (χ1v) is 6.77. The maximum atomic E-state index is 11.7. The first-order chi connectivity index (χ1) is 11.0. The summed E-state index contributed by atoms with van der Waals surface area (Å²) in [5.41, 5.74) is 5.69. The van der Waals surface area contributed by atoms with Crippen LogP contribution in [-0.4, -0.2) is 35.3 Å². The normalized spacial score (nSPS) is 14.4. The van der Waals surface area contributed by atoms with Crippen molar-refractivity contribution in [3.05, 3.63) is 35.4 Å². The summed E-state index contributed by atoms with van der Waals surface area (Å²) >= 11 is 0. The molecule has 2 N–H and O–H groups in total. The van der Waals surface area contributed by atoms with Gasteiger partial charge in [0.15, 0.2) is 11.6 Å². The molecule has 0 atom stereocenters. The van der Waals surface area contributed by atoms with Crippen LogP contribution >= 0.6 is 0 Å². The van der Waals surface area contributed by atoms with Crippen LogP contribution in [0.3, 0.4) is 0 Å². The zero-order chi connectivity index (χ0) is 16.8. The molecule has 0 fully saturated rings. The van der Waals surface area contributed by atoms with Crippen molar-refractivity contribution >= 4 is 35.3 Å². The van der Waals surface area contributed by atoms with Crippen molar-refractivity contribution in [2.45, 2.75) is 19.8 Å². The molecule has 0 aromatic heterocycles. The van der Waals surface area contributed by atoms with Gasteiger partial charge in [-0.3, -0.25) is 19.2 Å². The van der Waals surface area contributed by atoms with E-state index in [9.17, 15) is 19.2 Å². The van der Waals surface area contributed by atoms with Crippen LogP contribution in [0.25, 0.3) is 0 Å². The summed E-state index contributed by atoms with van der Waals surface area (Å²) in [7, 11) is 0. The number of rotatable bonds is 5. The van der Waals surface area contributed by atoms with Gasteiger partial charge in [0, 0.05) is 5.56 Å². The molecule has 0 unspecified atom stereocenters. The Hall–Kier alpha value is -3.16. The molecule has 118 valence electrons. The minimum atomic E-state index is -0.523. The highest BCUT2D eigenvalue weighted by molar-refractivity contribution is 6.46. The molecule has 1 heterocycles. The Morgan fingerprint density at radius 2 is 2.00 bits per heavy atom. The Morgan fingerprint density at radius 3 is 2.61 bits per heavy atom. The minimum Gasteiger partial charge on any atom is -0.295 e. The molecule has 0 bridgehead atoms. The lowest BCUT2D eigenvalue weighted by molar-refractivity contribution is -0.127. The van der Waals surface area contributed by atoms with Crippen LogP contribution in [0.15, 0.2) is 34.5 Å². The van der Waals surface area contributed by atoms with Crippen molar-refractivity contribution in [3.8, 4) is 0 Å². The number of ketones is 2. The molecule has 0 saturated heterocycles. The van der Waals surface area contributed by atoms with Gasteiger partial charge in [0.1, 0.15) is 5.71 Å². The van der Waals surface area contributed by atoms with Gasteiger partial charge < -0.3 is 0 Å². The predicted molar refractivity (Wildman–Crippen MR) is 82.0 cm³/mol. The SMILES string of the molecule is CC(=O)c1ccc(/C=N/NC(=O)CC2=NNC(=O)CC2=O)cc1. The average Bonchev–Trinajstić information content (AvgIpc) is 2.50. The van der Waals surface area contributed by atoms with E-state index in [-0.39, 0.29) is 24.3 Å². The Balaban J connectivity index is 1.87. The maximum absolute atomic E-state index is 11.7. The predicted octanol–water partition coefficient (Wildman–Crippen LogP) is 0.174. The average molecular weight is 314 g/mol. The third-order valence-electron chi connectivity index (χ3n) is 3.01. The van der Waals surface area contributed by atoms with E-state index in [0.717, 1.165) is 0 Å². The molecule has 0 saturated carbocycles. The second-order valence-electron chi connectivity index (χ2n) is 4.84. The molecule has 0 radical (unpaired) electrons. The molecule has 23 heavy (non-hydrogen) atoms. The Kier molecular flexibility index (Phi) is 5.08. The van der Waals surface area contributed by atoms with Gasteiger partial charge in [0.25, 0.3) is 0 Å². The van der Waals surface area contributed by atoms with Crippen LogP contribution in [0.2, 0.25) is 0 Å². The van der Waals surface area contributed by atoms with Crippen molar-refractivity contribution in [1.82, 2.24) is 10.9 Å². The molecular weight excluding hydrogens is 300 g/mol. The summed E-state index contributed by atoms with van der Waals surface area (Å²) in [5, 5.41) is 7.31. The summed E-state index contributed by atoms with van der Waals surface area (Å²) < 4.78 is 0. The molecule has 0 aliphatic carbocycles. The molecule has 1 aromatic rings. The first kappa shape index (κ1) is 16.2. The standard InChI is InChI=1S/C15H14N4O4/c1-9(20)11-4-2-10(3-5-11)8-16-18-14(22)6-12-13(21)7-15(23)19-17-12/h2-5,8H,6-7H2,1H3,(H,18,22)(H,19,23)/b16-8+. The fraction of sp³-hybridized carbons (Fsp3) is 0.200. The van der Waals surface area contributed by atoms with Gasteiger partial charge in [-0.1, -0.05) is 24.3 Å². The summed E-state index contributed by atoms with van der Waals surface area (Å²) in [4.78, 5) is 45.2. The van der Waals surface area contributed by atoms with Crippen LogP contribution in [0.5, 0.6) is 0 Å². The number of carbonyl (C=O) groups is 4. The number of hydrogen-bond acceptors (Lipinski definition) is 6. The highest BCUT2D eigenvalue weighted by atomic mass is 16.2. The number of hydrazone groups is 2. The van der Waals surface area contributed by atoms with Crippen molar-refractivity contribution in [2.75, 3.05) is 0 Å². The zero-order valence-corrected chi connectivity index (χ0v) is 12.3. The molecule has 1 aromatic carbocycles. The zero-order valence-electron chi connectivity index (χ0n) is 12.3. The van der Waals surface area contributed by atoms with E-state index >= 15 is 0 Å². The number of benzene rings is 1. The van der Waals surface area contributed by atoms with Gasteiger partial charge >= 0.3 is 0 Å². The van der Waals surface area contributed by atoms with E-state index in [1.54, 1.807) is 24.3 Å². The van der Waals surface area contributed by atoms with Crippen LogP contribution in [0.1, 0.15) is 35.7 Å². The monoisotopic (exact) mass is 314 g/mol. The summed E-state index contributed by atoms with van der Waals surface area (Å²) in [6, 6.07) is 6.70.